The average molecular weight is 368 g/mol. The van der Waals surface area contributed by atoms with Crippen molar-refractivity contribution < 1.29 is 14.3 Å². The maximum atomic E-state index is 12.2. The summed E-state index contributed by atoms with van der Waals surface area (Å²) in [4.78, 5) is 24.4. The standard InChI is InChI=1S/C22H28N2O3/c1-16-15-18(23-24(16)2)10-11-19-12-13-20-17(9-14-21(20)25)7-5-3-4-6-8-22(26)27-19/h3,5,9,13-15,17,19H,4,6-8,10-12H2,1-2H3/b5-3-,20-13+/t17-,19-/m0/s1. The predicted octanol–water partition coefficient (Wildman–Crippen LogP) is 3.77. The molecule has 0 spiro atoms. The van der Waals surface area contributed by atoms with Crippen molar-refractivity contribution >= 4 is 11.8 Å². The Hall–Kier alpha value is -2.43. The van der Waals surface area contributed by atoms with Gasteiger partial charge in [0, 0.05) is 37.1 Å². The molecule has 1 aromatic rings. The van der Waals surface area contributed by atoms with Crippen LogP contribution in [0.5, 0.6) is 0 Å². The fraction of sp³-hybridized carbons (Fsp3) is 0.500. The van der Waals surface area contributed by atoms with Crippen LogP contribution >= 0.6 is 0 Å². The predicted molar refractivity (Wildman–Crippen MR) is 104 cm³/mol. The third kappa shape index (κ3) is 5.28. The molecule has 2 atom stereocenters. The Morgan fingerprint density at radius 1 is 1.26 bits per heavy atom. The van der Waals surface area contributed by atoms with Crippen LogP contribution in [0, 0.1) is 12.8 Å². The van der Waals surface area contributed by atoms with Crippen molar-refractivity contribution in [2.45, 2.75) is 58.0 Å². The Balaban J connectivity index is 1.71. The van der Waals surface area contributed by atoms with Crippen LogP contribution in [0.1, 0.15) is 49.9 Å². The second kappa shape index (κ2) is 8.98. The number of nitrogens with zero attached hydrogens (tertiary/aromatic N) is 2. The molecule has 0 fully saturated rings. The topological polar surface area (TPSA) is 61.2 Å². The maximum absolute atomic E-state index is 12.2. The summed E-state index contributed by atoms with van der Waals surface area (Å²) in [5, 5.41) is 4.48. The lowest BCUT2D eigenvalue weighted by Crippen LogP contribution is -2.19. The molecule has 0 amide bonds. The molecular weight excluding hydrogens is 340 g/mol. The van der Waals surface area contributed by atoms with Crippen LogP contribution in [0.15, 0.2) is 42.0 Å². The van der Waals surface area contributed by atoms with Crippen LogP contribution < -0.4 is 0 Å². The normalized spacial score (nSPS) is 27.0. The van der Waals surface area contributed by atoms with Crippen molar-refractivity contribution in [3.8, 4) is 0 Å². The summed E-state index contributed by atoms with van der Waals surface area (Å²) in [6.07, 6.45) is 14.5. The molecule has 0 saturated heterocycles. The van der Waals surface area contributed by atoms with Crippen molar-refractivity contribution in [1.29, 1.82) is 0 Å². The zero-order chi connectivity index (χ0) is 19.2. The van der Waals surface area contributed by atoms with Crippen LogP contribution in [0.3, 0.4) is 0 Å². The summed E-state index contributed by atoms with van der Waals surface area (Å²) in [6, 6.07) is 2.06. The fourth-order valence-corrected chi connectivity index (χ4v) is 3.56. The SMILES string of the molecule is Cc1cc(CC[C@H]2C/C=C3/C(=O)C=C[C@@H]3C/C=C\CCCC(=O)O2)nn1C. The van der Waals surface area contributed by atoms with Gasteiger partial charge in [-0.05, 0) is 51.2 Å². The molecule has 0 N–H and O–H groups in total. The van der Waals surface area contributed by atoms with E-state index in [0.29, 0.717) is 19.3 Å². The zero-order valence-electron chi connectivity index (χ0n) is 16.2. The smallest absolute Gasteiger partial charge is 0.306 e. The quantitative estimate of drug-likeness (QED) is 0.602. The van der Waals surface area contributed by atoms with Crippen molar-refractivity contribution in [3.63, 3.8) is 0 Å². The van der Waals surface area contributed by atoms with Gasteiger partial charge in [0.15, 0.2) is 5.78 Å². The van der Waals surface area contributed by atoms with Crippen LogP contribution in [-0.2, 0) is 27.8 Å². The molecule has 5 heteroatoms. The third-order valence-electron chi connectivity index (χ3n) is 5.26. The van der Waals surface area contributed by atoms with E-state index in [-0.39, 0.29) is 23.8 Å². The monoisotopic (exact) mass is 368 g/mol. The summed E-state index contributed by atoms with van der Waals surface area (Å²) >= 11 is 0. The number of fused-ring (bicyclic) bond motifs is 1. The Kier molecular flexibility index (Phi) is 6.43. The van der Waals surface area contributed by atoms with Gasteiger partial charge in [0.25, 0.3) is 0 Å². The number of ketones is 1. The summed E-state index contributed by atoms with van der Waals surface area (Å²) in [6.45, 7) is 2.02. The van der Waals surface area contributed by atoms with Crippen molar-refractivity contribution in [3.05, 3.63) is 53.4 Å². The minimum absolute atomic E-state index is 0.0775. The van der Waals surface area contributed by atoms with Gasteiger partial charge in [-0.15, -0.1) is 0 Å². The number of allylic oxidation sites excluding steroid dienone is 5. The molecule has 0 unspecified atom stereocenters. The van der Waals surface area contributed by atoms with Crippen LogP contribution in [0.25, 0.3) is 0 Å². The molecule has 1 aromatic heterocycles. The molecule has 2 aliphatic rings. The summed E-state index contributed by atoms with van der Waals surface area (Å²) in [5.74, 6) is 0.0636. The second-order valence-corrected chi connectivity index (χ2v) is 7.38. The van der Waals surface area contributed by atoms with E-state index in [1.54, 1.807) is 6.08 Å². The fourth-order valence-electron chi connectivity index (χ4n) is 3.56. The van der Waals surface area contributed by atoms with Crippen LogP contribution in [0.4, 0.5) is 0 Å². The molecular formula is C22H28N2O3. The number of aryl methyl sites for hydroxylation is 3. The number of aromatic nitrogens is 2. The van der Waals surface area contributed by atoms with E-state index in [4.69, 9.17) is 4.74 Å². The summed E-state index contributed by atoms with van der Waals surface area (Å²) in [5.41, 5.74) is 2.94. The number of carbonyl (C=O) groups is 2. The van der Waals surface area contributed by atoms with Crippen molar-refractivity contribution in [2.75, 3.05) is 0 Å². The lowest BCUT2D eigenvalue weighted by Gasteiger charge is -2.17. The molecule has 0 saturated carbocycles. The van der Waals surface area contributed by atoms with E-state index in [0.717, 1.165) is 42.6 Å². The van der Waals surface area contributed by atoms with Gasteiger partial charge in [-0.2, -0.15) is 5.10 Å². The number of carbonyl (C=O) groups excluding carboxylic acids is 2. The largest absolute Gasteiger partial charge is 0.462 e. The third-order valence-corrected chi connectivity index (χ3v) is 5.26. The van der Waals surface area contributed by atoms with Gasteiger partial charge < -0.3 is 4.74 Å². The number of esters is 1. The zero-order valence-corrected chi connectivity index (χ0v) is 16.2. The number of ether oxygens (including phenoxy) is 1. The van der Waals surface area contributed by atoms with Gasteiger partial charge in [-0.1, -0.05) is 24.3 Å². The maximum Gasteiger partial charge on any atom is 0.306 e. The summed E-state index contributed by atoms with van der Waals surface area (Å²) < 4.78 is 7.59. The first-order valence-electron chi connectivity index (χ1n) is 9.79. The van der Waals surface area contributed by atoms with Crippen molar-refractivity contribution in [1.82, 2.24) is 9.78 Å². The first kappa shape index (κ1) is 19.3. The highest BCUT2D eigenvalue weighted by molar-refractivity contribution is 6.07. The first-order valence-corrected chi connectivity index (χ1v) is 9.79. The highest BCUT2D eigenvalue weighted by Gasteiger charge is 2.23. The Morgan fingerprint density at radius 3 is 2.89 bits per heavy atom. The minimum atomic E-state index is -0.227. The Bertz CT molecular complexity index is 766. The Morgan fingerprint density at radius 2 is 2.11 bits per heavy atom. The lowest BCUT2D eigenvalue weighted by molar-refractivity contribution is -0.149. The van der Waals surface area contributed by atoms with E-state index in [2.05, 4.69) is 23.3 Å². The van der Waals surface area contributed by atoms with Gasteiger partial charge in [0.2, 0.25) is 0 Å². The van der Waals surface area contributed by atoms with E-state index in [9.17, 15) is 9.59 Å². The van der Waals surface area contributed by atoms with Gasteiger partial charge in [0.1, 0.15) is 6.10 Å². The highest BCUT2D eigenvalue weighted by atomic mass is 16.5. The first-order chi connectivity index (χ1) is 13.0. The molecule has 27 heavy (non-hydrogen) atoms. The van der Waals surface area contributed by atoms with E-state index in [1.165, 1.54) is 0 Å². The van der Waals surface area contributed by atoms with Gasteiger partial charge in [-0.3, -0.25) is 14.3 Å². The van der Waals surface area contributed by atoms with E-state index >= 15 is 0 Å². The summed E-state index contributed by atoms with van der Waals surface area (Å²) in [7, 11) is 1.93. The molecule has 5 nitrogen and oxygen atoms in total. The van der Waals surface area contributed by atoms with Crippen LogP contribution in [-0.4, -0.2) is 27.6 Å². The van der Waals surface area contributed by atoms with E-state index < -0.39 is 0 Å². The number of cyclic esters (lactones) is 1. The molecule has 0 aromatic carbocycles. The minimum Gasteiger partial charge on any atom is -0.462 e. The van der Waals surface area contributed by atoms with Crippen molar-refractivity contribution in [2.24, 2.45) is 13.0 Å². The highest BCUT2D eigenvalue weighted by Crippen LogP contribution is 2.27. The molecule has 1 aliphatic heterocycles. The molecule has 3 rings (SSSR count). The van der Waals surface area contributed by atoms with Gasteiger partial charge >= 0.3 is 5.97 Å². The lowest BCUT2D eigenvalue weighted by atomic mass is 9.95. The molecule has 1 aliphatic carbocycles. The second-order valence-electron chi connectivity index (χ2n) is 7.38. The Labute approximate surface area is 160 Å². The molecule has 0 bridgehead atoms. The van der Waals surface area contributed by atoms with Gasteiger partial charge in [0.05, 0.1) is 5.69 Å². The number of rotatable bonds is 3. The van der Waals surface area contributed by atoms with Crippen LogP contribution in [0.2, 0.25) is 0 Å². The average Bonchev–Trinajstić information content (AvgIpc) is 3.15. The molecule has 0 radical (unpaired) electrons. The number of hydrogen-bond donors (Lipinski definition) is 0. The molecule has 144 valence electrons. The number of hydrogen-bond acceptors (Lipinski definition) is 4. The molecule has 2 heterocycles. The van der Waals surface area contributed by atoms with E-state index in [1.807, 2.05) is 30.8 Å². The van der Waals surface area contributed by atoms with Gasteiger partial charge in [-0.25, -0.2) is 0 Å².